The molecule has 0 atom stereocenters. The van der Waals surface area contributed by atoms with E-state index in [4.69, 9.17) is 10.3 Å². The summed E-state index contributed by atoms with van der Waals surface area (Å²) in [6.07, 6.45) is 1.74. The number of azide groups is 1. The van der Waals surface area contributed by atoms with Crippen molar-refractivity contribution in [1.29, 1.82) is 0 Å². The molecule has 0 aliphatic carbocycles. The SMILES string of the molecule is COCCc1ccc(CCN=[N+]=[N-])cc1. The van der Waals surface area contributed by atoms with Crippen LogP contribution in [-0.4, -0.2) is 20.3 Å². The Morgan fingerprint density at radius 3 is 2.33 bits per heavy atom. The lowest BCUT2D eigenvalue weighted by molar-refractivity contribution is 0.202. The van der Waals surface area contributed by atoms with Crippen LogP contribution in [0.1, 0.15) is 11.1 Å². The van der Waals surface area contributed by atoms with Crippen molar-refractivity contribution in [2.75, 3.05) is 20.3 Å². The molecule has 1 aromatic rings. The van der Waals surface area contributed by atoms with Crippen molar-refractivity contribution < 1.29 is 4.74 Å². The first kappa shape index (κ1) is 11.6. The summed E-state index contributed by atoms with van der Waals surface area (Å²) in [5, 5.41) is 3.50. The summed E-state index contributed by atoms with van der Waals surface area (Å²) in [6.45, 7) is 1.27. The molecule has 0 unspecified atom stereocenters. The highest BCUT2D eigenvalue weighted by atomic mass is 16.5. The Hall–Kier alpha value is -1.51. The van der Waals surface area contributed by atoms with E-state index >= 15 is 0 Å². The zero-order chi connectivity index (χ0) is 10.9. The second kappa shape index (κ2) is 6.87. The molecule has 0 aliphatic rings. The number of rotatable bonds is 6. The van der Waals surface area contributed by atoms with Gasteiger partial charge >= 0.3 is 0 Å². The van der Waals surface area contributed by atoms with Gasteiger partial charge in [0.25, 0.3) is 0 Å². The van der Waals surface area contributed by atoms with Crippen LogP contribution in [0.4, 0.5) is 0 Å². The first-order valence-electron chi connectivity index (χ1n) is 4.94. The van der Waals surface area contributed by atoms with Crippen molar-refractivity contribution in [2.24, 2.45) is 5.11 Å². The summed E-state index contributed by atoms with van der Waals surface area (Å²) in [5.41, 5.74) is 10.6. The van der Waals surface area contributed by atoms with E-state index < -0.39 is 0 Å². The molecule has 15 heavy (non-hydrogen) atoms. The van der Waals surface area contributed by atoms with E-state index in [0.717, 1.165) is 19.4 Å². The fraction of sp³-hybridized carbons (Fsp3) is 0.455. The van der Waals surface area contributed by atoms with Gasteiger partial charge in [-0.05, 0) is 29.5 Å². The van der Waals surface area contributed by atoms with Crippen molar-refractivity contribution in [3.63, 3.8) is 0 Å². The van der Waals surface area contributed by atoms with Crippen LogP contribution in [0.5, 0.6) is 0 Å². The van der Waals surface area contributed by atoms with E-state index in [0.29, 0.717) is 6.54 Å². The molecule has 0 amide bonds. The van der Waals surface area contributed by atoms with Gasteiger partial charge in [-0.15, -0.1) is 0 Å². The molecular formula is C11H15N3O. The number of benzene rings is 1. The largest absolute Gasteiger partial charge is 0.384 e. The molecule has 0 saturated carbocycles. The van der Waals surface area contributed by atoms with Crippen molar-refractivity contribution in [3.05, 3.63) is 45.8 Å². The van der Waals surface area contributed by atoms with Crippen LogP contribution < -0.4 is 0 Å². The first-order chi connectivity index (χ1) is 7.36. The summed E-state index contributed by atoms with van der Waals surface area (Å²) in [4.78, 5) is 2.72. The van der Waals surface area contributed by atoms with E-state index in [-0.39, 0.29) is 0 Å². The minimum atomic E-state index is 0.522. The van der Waals surface area contributed by atoms with Gasteiger partial charge in [0.1, 0.15) is 0 Å². The van der Waals surface area contributed by atoms with Gasteiger partial charge < -0.3 is 4.74 Å². The van der Waals surface area contributed by atoms with Crippen LogP contribution in [0.15, 0.2) is 29.4 Å². The third-order valence-electron chi connectivity index (χ3n) is 2.18. The Bertz CT molecular complexity index is 328. The lowest BCUT2D eigenvalue weighted by Gasteiger charge is -2.02. The Kier molecular flexibility index (Phi) is 5.30. The molecule has 1 aromatic carbocycles. The van der Waals surface area contributed by atoms with Crippen LogP contribution >= 0.6 is 0 Å². The van der Waals surface area contributed by atoms with Gasteiger partial charge in [-0.2, -0.15) is 0 Å². The highest BCUT2D eigenvalue weighted by Gasteiger charge is 1.94. The molecule has 0 spiro atoms. The van der Waals surface area contributed by atoms with Crippen LogP contribution in [-0.2, 0) is 17.6 Å². The summed E-state index contributed by atoms with van der Waals surface area (Å²) in [7, 11) is 1.70. The van der Waals surface area contributed by atoms with Crippen molar-refractivity contribution in [1.82, 2.24) is 0 Å². The van der Waals surface area contributed by atoms with E-state index in [2.05, 4.69) is 34.3 Å². The van der Waals surface area contributed by atoms with Crippen LogP contribution in [0.2, 0.25) is 0 Å². The average Bonchev–Trinajstić information content (AvgIpc) is 2.28. The molecule has 4 heteroatoms. The van der Waals surface area contributed by atoms with Crippen LogP contribution in [0.3, 0.4) is 0 Å². The molecule has 0 fully saturated rings. The quantitative estimate of drug-likeness (QED) is 0.400. The van der Waals surface area contributed by atoms with E-state index in [1.54, 1.807) is 7.11 Å². The Labute approximate surface area is 89.5 Å². The molecule has 1 rings (SSSR count). The molecular weight excluding hydrogens is 190 g/mol. The van der Waals surface area contributed by atoms with Gasteiger partial charge in [-0.25, -0.2) is 0 Å². The fourth-order valence-electron chi connectivity index (χ4n) is 1.32. The van der Waals surface area contributed by atoms with Crippen LogP contribution in [0.25, 0.3) is 10.4 Å². The van der Waals surface area contributed by atoms with Crippen molar-refractivity contribution >= 4 is 0 Å². The van der Waals surface area contributed by atoms with Crippen LogP contribution in [0, 0.1) is 0 Å². The standard InChI is InChI=1S/C11H15N3O/c1-15-9-7-11-4-2-10(3-5-11)6-8-13-14-12/h2-5H,6-9H2,1H3. The molecule has 0 heterocycles. The lowest BCUT2D eigenvalue weighted by Crippen LogP contribution is -1.95. The second-order valence-electron chi connectivity index (χ2n) is 3.26. The third-order valence-corrected chi connectivity index (χ3v) is 2.18. The Morgan fingerprint density at radius 2 is 1.80 bits per heavy atom. The number of hydrogen-bond acceptors (Lipinski definition) is 2. The number of ether oxygens (including phenoxy) is 1. The minimum Gasteiger partial charge on any atom is -0.384 e. The minimum absolute atomic E-state index is 0.522. The van der Waals surface area contributed by atoms with E-state index in [9.17, 15) is 0 Å². The van der Waals surface area contributed by atoms with Gasteiger partial charge in [0.2, 0.25) is 0 Å². The molecule has 0 aliphatic heterocycles. The molecule has 0 aromatic heterocycles. The fourth-order valence-corrected chi connectivity index (χ4v) is 1.32. The summed E-state index contributed by atoms with van der Waals surface area (Å²) in [5.74, 6) is 0. The molecule has 0 saturated heterocycles. The van der Waals surface area contributed by atoms with Crippen molar-refractivity contribution in [3.8, 4) is 0 Å². The average molecular weight is 205 g/mol. The number of nitrogens with zero attached hydrogens (tertiary/aromatic N) is 3. The number of hydrogen-bond donors (Lipinski definition) is 0. The van der Waals surface area contributed by atoms with E-state index in [1.165, 1.54) is 11.1 Å². The summed E-state index contributed by atoms with van der Waals surface area (Å²) in [6, 6.07) is 8.31. The maximum absolute atomic E-state index is 8.13. The Morgan fingerprint density at radius 1 is 1.20 bits per heavy atom. The smallest absolute Gasteiger partial charge is 0.0502 e. The van der Waals surface area contributed by atoms with Gasteiger partial charge in [0, 0.05) is 18.6 Å². The third kappa shape index (κ3) is 4.49. The first-order valence-corrected chi connectivity index (χ1v) is 4.94. The summed E-state index contributed by atoms with van der Waals surface area (Å²) >= 11 is 0. The van der Waals surface area contributed by atoms with E-state index in [1.807, 2.05) is 0 Å². The molecule has 4 nitrogen and oxygen atoms in total. The lowest BCUT2D eigenvalue weighted by atomic mass is 10.1. The monoisotopic (exact) mass is 205 g/mol. The predicted octanol–water partition coefficient (Wildman–Crippen LogP) is 2.73. The zero-order valence-electron chi connectivity index (χ0n) is 8.89. The zero-order valence-corrected chi connectivity index (χ0v) is 8.89. The van der Waals surface area contributed by atoms with Gasteiger partial charge in [-0.1, -0.05) is 29.4 Å². The molecule has 0 radical (unpaired) electrons. The Balaban J connectivity index is 2.44. The molecule has 0 bridgehead atoms. The molecule has 80 valence electrons. The molecule has 0 N–H and O–H groups in total. The van der Waals surface area contributed by atoms with Gasteiger partial charge in [-0.3, -0.25) is 0 Å². The highest BCUT2D eigenvalue weighted by Crippen LogP contribution is 2.06. The maximum Gasteiger partial charge on any atom is 0.0502 e. The summed E-state index contributed by atoms with van der Waals surface area (Å²) < 4.78 is 5.00. The topological polar surface area (TPSA) is 58.0 Å². The highest BCUT2D eigenvalue weighted by molar-refractivity contribution is 5.22. The van der Waals surface area contributed by atoms with Gasteiger partial charge in [0.05, 0.1) is 6.61 Å². The second-order valence-corrected chi connectivity index (χ2v) is 3.26. The van der Waals surface area contributed by atoms with Crippen molar-refractivity contribution in [2.45, 2.75) is 12.8 Å². The number of methoxy groups -OCH3 is 1. The predicted molar refractivity (Wildman–Crippen MR) is 59.7 cm³/mol. The maximum atomic E-state index is 8.13. The normalized spacial score (nSPS) is 9.67. The van der Waals surface area contributed by atoms with Gasteiger partial charge in [0.15, 0.2) is 0 Å².